The SMILES string of the molecule is O=[N+]([O-])[C@@H]1CC=CC[C@H]1c1ccc([C@@H]2CC=CC[C@@H]2[N+](=O)[O-])cc1. The molecular weight excluding hydrogens is 308 g/mol. The van der Waals surface area contributed by atoms with Gasteiger partial charge in [0.25, 0.3) is 0 Å². The highest BCUT2D eigenvalue weighted by Crippen LogP contribution is 2.35. The van der Waals surface area contributed by atoms with Gasteiger partial charge in [0.2, 0.25) is 12.1 Å². The number of benzene rings is 1. The molecule has 0 aliphatic heterocycles. The van der Waals surface area contributed by atoms with Crippen LogP contribution in [-0.4, -0.2) is 21.9 Å². The van der Waals surface area contributed by atoms with E-state index in [0.29, 0.717) is 25.7 Å². The standard InChI is InChI=1S/C18H20N2O4/c21-19(22)17-7-3-1-5-15(17)13-9-11-14(12-10-13)16-6-2-4-8-18(16)20(23)24/h1-4,9-12,15-18H,5-8H2/t15-,16-,17-,18+/m0/s1. The summed E-state index contributed by atoms with van der Waals surface area (Å²) in [5.41, 5.74) is 1.88. The molecule has 0 saturated heterocycles. The van der Waals surface area contributed by atoms with E-state index in [0.717, 1.165) is 11.1 Å². The van der Waals surface area contributed by atoms with Crippen LogP contribution in [0, 0.1) is 20.2 Å². The fraction of sp³-hybridized carbons (Fsp3) is 0.444. The van der Waals surface area contributed by atoms with Gasteiger partial charge in [0.1, 0.15) is 0 Å². The summed E-state index contributed by atoms with van der Waals surface area (Å²) in [4.78, 5) is 22.1. The molecule has 0 radical (unpaired) electrons. The number of allylic oxidation sites excluding steroid dienone is 2. The van der Waals surface area contributed by atoms with Gasteiger partial charge in [0.15, 0.2) is 0 Å². The summed E-state index contributed by atoms with van der Waals surface area (Å²) in [5, 5.41) is 22.5. The number of rotatable bonds is 4. The summed E-state index contributed by atoms with van der Waals surface area (Å²) in [7, 11) is 0. The maximum absolute atomic E-state index is 11.3. The van der Waals surface area contributed by atoms with Gasteiger partial charge in [-0.2, -0.15) is 0 Å². The Labute approximate surface area is 140 Å². The molecule has 1 aromatic carbocycles. The van der Waals surface area contributed by atoms with Crippen molar-refractivity contribution in [3.8, 4) is 0 Å². The van der Waals surface area contributed by atoms with Gasteiger partial charge in [0.05, 0.1) is 11.8 Å². The zero-order chi connectivity index (χ0) is 17.1. The third-order valence-corrected chi connectivity index (χ3v) is 5.13. The lowest BCUT2D eigenvalue weighted by molar-refractivity contribution is -0.526. The van der Waals surface area contributed by atoms with Crippen LogP contribution in [0.2, 0.25) is 0 Å². The fourth-order valence-electron chi connectivity index (χ4n) is 3.77. The monoisotopic (exact) mass is 328 g/mol. The van der Waals surface area contributed by atoms with E-state index in [1.807, 2.05) is 48.6 Å². The van der Waals surface area contributed by atoms with Crippen molar-refractivity contribution >= 4 is 0 Å². The molecule has 4 atom stereocenters. The van der Waals surface area contributed by atoms with Crippen LogP contribution in [0.15, 0.2) is 48.6 Å². The number of hydrogen-bond donors (Lipinski definition) is 0. The Bertz CT molecular complexity index is 622. The summed E-state index contributed by atoms with van der Waals surface area (Å²) in [5.74, 6) is -0.256. The van der Waals surface area contributed by atoms with E-state index in [-0.39, 0.29) is 21.7 Å². The smallest absolute Gasteiger partial charge is 0.223 e. The predicted octanol–water partition coefficient (Wildman–Crippen LogP) is 3.84. The van der Waals surface area contributed by atoms with Gasteiger partial charge in [-0.15, -0.1) is 0 Å². The minimum atomic E-state index is -0.593. The van der Waals surface area contributed by atoms with Crippen molar-refractivity contribution in [1.29, 1.82) is 0 Å². The van der Waals surface area contributed by atoms with E-state index in [2.05, 4.69) is 0 Å². The Morgan fingerprint density at radius 2 is 1.00 bits per heavy atom. The lowest BCUT2D eigenvalue weighted by atomic mass is 9.80. The van der Waals surface area contributed by atoms with E-state index in [1.54, 1.807) is 0 Å². The molecule has 0 N–H and O–H groups in total. The maximum Gasteiger partial charge on any atom is 0.223 e. The Morgan fingerprint density at radius 3 is 1.33 bits per heavy atom. The van der Waals surface area contributed by atoms with Crippen LogP contribution >= 0.6 is 0 Å². The summed E-state index contributed by atoms with van der Waals surface area (Å²) in [6.45, 7) is 0. The molecule has 0 aromatic heterocycles. The van der Waals surface area contributed by atoms with E-state index in [4.69, 9.17) is 0 Å². The molecule has 6 heteroatoms. The Kier molecular flexibility index (Phi) is 4.74. The van der Waals surface area contributed by atoms with E-state index in [1.165, 1.54) is 0 Å². The molecule has 2 aliphatic rings. The summed E-state index contributed by atoms with van der Waals surface area (Å²) >= 11 is 0. The van der Waals surface area contributed by atoms with Crippen molar-refractivity contribution in [2.45, 2.75) is 49.6 Å². The van der Waals surface area contributed by atoms with Crippen LogP contribution in [0.5, 0.6) is 0 Å². The Morgan fingerprint density at radius 1 is 0.667 bits per heavy atom. The Hall–Kier alpha value is -2.50. The van der Waals surface area contributed by atoms with Crippen LogP contribution in [0.1, 0.15) is 48.6 Å². The van der Waals surface area contributed by atoms with Gasteiger partial charge in [-0.05, 0) is 24.0 Å². The molecule has 0 bridgehead atoms. The van der Waals surface area contributed by atoms with E-state index in [9.17, 15) is 20.2 Å². The van der Waals surface area contributed by atoms with E-state index < -0.39 is 12.1 Å². The quantitative estimate of drug-likeness (QED) is 0.477. The largest absolute Gasteiger partial charge is 0.264 e. The lowest BCUT2D eigenvalue weighted by Crippen LogP contribution is -2.29. The number of hydrogen-bond acceptors (Lipinski definition) is 4. The number of nitro groups is 2. The second kappa shape index (κ2) is 6.95. The first-order chi connectivity index (χ1) is 11.6. The molecule has 1 aromatic rings. The average Bonchev–Trinajstić information content (AvgIpc) is 2.62. The molecule has 6 nitrogen and oxygen atoms in total. The van der Waals surface area contributed by atoms with Crippen LogP contribution in [0.25, 0.3) is 0 Å². The predicted molar refractivity (Wildman–Crippen MR) is 90.2 cm³/mol. The minimum Gasteiger partial charge on any atom is -0.264 e. The molecule has 2 aliphatic carbocycles. The highest BCUT2D eigenvalue weighted by atomic mass is 16.6. The third kappa shape index (κ3) is 3.22. The van der Waals surface area contributed by atoms with Gasteiger partial charge in [-0.3, -0.25) is 20.2 Å². The molecule has 0 heterocycles. The second-order valence-electron chi connectivity index (χ2n) is 6.47. The first-order valence-electron chi connectivity index (χ1n) is 8.24. The zero-order valence-corrected chi connectivity index (χ0v) is 13.3. The lowest BCUT2D eigenvalue weighted by Gasteiger charge is -2.25. The van der Waals surface area contributed by atoms with Crippen LogP contribution in [0.4, 0.5) is 0 Å². The third-order valence-electron chi connectivity index (χ3n) is 5.13. The minimum absolute atomic E-state index is 0.128. The normalized spacial score (nSPS) is 29.3. The molecule has 24 heavy (non-hydrogen) atoms. The van der Waals surface area contributed by atoms with Crippen LogP contribution in [-0.2, 0) is 0 Å². The van der Waals surface area contributed by atoms with Crippen molar-refractivity contribution in [2.24, 2.45) is 0 Å². The second-order valence-corrected chi connectivity index (χ2v) is 6.47. The summed E-state index contributed by atoms with van der Waals surface area (Å²) < 4.78 is 0. The van der Waals surface area contributed by atoms with E-state index >= 15 is 0 Å². The van der Waals surface area contributed by atoms with Gasteiger partial charge in [-0.1, -0.05) is 48.6 Å². The van der Waals surface area contributed by atoms with Crippen LogP contribution in [0.3, 0.4) is 0 Å². The Balaban J connectivity index is 1.82. The van der Waals surface area contributed by atoms with Gasteiger partial charge < -0.3 is 0 Å². The van der Waals surface area contributed by atoms with Crippen molar-refractivity contribution < 1.29 is 9.85 Å². The highest BCUT2D eigenvalue weighted by Gasteiger charge is 2.35. The summed E-state index contributed by atoms with van der Waals surface area (Å²) in [6, 6.07) is 6.45. The summed E-state index contributed by atoms with van der Waals surface area (Å²) in [6.07, 6.45) is 9.96. The molecule has 0 unspecified atom stereocenters. The maximum atomic E-state index is 11.3. The molecule has 0 saturated carbocycles. The zero-order valence-electron chi connectivity index (χ0n) is 13.3. The number of nitrogens with zero attached hydrogens (tertiary/aromatic N) is 2. The van der Waals surface area contributed by atoms with Crippen molar-refractivity contribution in [2.75, 3.05) is 0 Å². The molecule has 3 rings (SSSR count). The molecule has 0 amide bonds. The molecule has 0 fully saturated rings. The van der Waals surface area contributed by atoms with Crippen LogP contribution < -0.4 is 0 Å². The van der Waals surface area contributed by atoms with Gasteiger partial charge in [-0.25, -0.2) is 0 Å². The highest BCUT2D eigenvalue weighted by molar-refractivity contribution is 5.31. The molecule has 0 spiro atoms. The first-order valence-corrected chi connectivity index (χ1v) is 8.24. The van der Waals surface area contributed by atoms with Gasteiger partial charge >= 0.3 is 0 Å². The van der Waals surface area contributed by atoms with Crippen molar-refractivity contribution in [1.82, 2.24) is 0 Å². The molecular formula is C18H20N2O4. The van der Waals surface area contributed by atoms with Gasteiger partial charge in [0, 0.05) is 22.7 Å². The van der Waals surface area contributed by atoms with Crippen molar-refractivity contribution in [3.63, 3.8) is 0 Å². The first kappa shape index (κ1) is 16.4. The average molecular weight is 328 g/mol. The van der Waals surface area contributed by atoms with Crippen molar-refractivity contribution in [3.05, 3.63) is 79.9 Å². The molecule has 126 valence electrons. The topological polar surface area (TPSA) is 86.3 Å². The fourth-order valence-corrected chi connectivity index (χ4v) is 3.77.